The van der Waals surface area contributed by atoms with Crippen LogP contribution in [0.5, 0.6) is 5.75 Å². The van der Waals surface area contributed by atoms with E-state index in [-0.39, 0.29) is 6.04 Å². The minimum absolute atomic E-state index is 0.225. The minimum Gasteiger partial charge on any atom is -0.489 e. The zero-order valence-electron chi connectivity index (χ0n) is 15.3. The van der Waals surface area contributed by atoms with Crippen molar-refractivity contribution in [2.75, 3.05) is 0 Å². The number of aromatic amines is 1. The largest absolute Gasteiger partial charge is 0.489 e. The van der Waals surface area contributed by atoms with Gasteiger partial charge in [0.15, 0.2) is 5.65 Å². The molecule has 138 valence electrons. The molecule has 0 saturated heterocycles. The molecule has 2 N–H and O–H groups in total. The van der Waals surface area contributed by atoms with Gasteiger partial charge in [-0.1, -0.05) is 48.5 Å². The summed E-state index contributed by atoms with van der Waals surface area (Å²) in [5, 5.41) is 11.9. The van der Waals surface area contributed by atoms with Crippen molar-refractivity contribution in [3.05, 3.63) is 90.4 Å². The first-order valence-electron chi connectivity index (χ1n) is 9.39. The molecule has 1 aliphatic heterocycles. The fraction of sp³-hybridized carbons (Fsp3) is 0.130. The summed E-state index contributed by atoms with van der Waals surface area (Å²) in [5.74, 6) is 0.843. The van der Waals surface area contributed by atoms with Crippen LogP contribution in [0.2, 0.25) is 0 Å². The van der Waals surface area contributed by atoms with E-state index in [9.17, 15) is 0 Å². The summed E-state index contributed by atoms with van der Waals surface area (Å²) in [6.45, 7) is 0.549. The standard InChI is InChI=1S/C23H20N4O/c1-2-6-16(7-3-1)15-28-19-9-4-8-17(12-19)18-13-20-22(21-10-5-11-24-21)26-27-23(20)25-14-18/h1-9,11-14,21,24H,10,15H2,(H,25,26,27). The molecular formula is C23H20N4O. The van der Waals surface area contributed by atoms with Crippen molar-refractivity contribution in [1.82, 2.24) is 20.5 Å². The number of hydrogen-bond donors (Lipinski definition) is 2. The van der Waals surface area contributed by atoms with Crippen LogP contribution in [0.4, 0.5) is 0 Å². The topological polar surface area (TPSA) is 62.8 Å². The molecule has 0 aliphatic carbocycles. The SMILES string of the molecule is C1=CNC(c2[nH]nc3ncc(-c4cccc(OCc5ccccc5)c4)cc23)C1. The summed E-state index contributed by atoms with van der Waals surface area (Å²) >= 11 is 0. The molecule has 2 aromatic carbocycles. The van der Waals surface area contributed by atoms with E-state index in [4.69, 9.17) is 4.74 Å². The Balaban J connectivity index is 1.42. The van der Waals surface area contributed by atoms with Crippen molar-refractivity contribution in [2.24, 2.45) is 0 Å². The highest BCUT2D eigenvalue weighted by atomic mass is 16.5. The molecular weight excluding hydrogens is 348 g/mol. The Bertz CT molecular complexity index is 1130. The van der Waals surface area contributed by atoms with Crippen LogP contribution in [0.15, 0.2) is 79.1 Å². The smallest absolute Gasteiger partial charge is 0.181 e. The Labute approximate surface area is 163 Å². The predicted molar refractivity (Wildman–Crippen MR) is 110 cm³/mol. The van der Waals surface area contributed by atoms with Gasteiger partial charge in [0.1, 0.15) is 12.4 Å². The highest BCUT2D eigenvalue weighted by Gasteiger charge is 2.18. The highest BCUT2D eigenvalue weighted by molar-refractivity contribution is 5.83. The number of ether oxygens (including phenoxy) is 1. The van der Waals surface area contributed by atoms with Gasteiger partial charge in [0.05, 0.1) is 11.7 Å². The lowest BCUT2D eigenvalue weighted by atomic mass is 10.0. The normalized spacial score (nSPS) is 15.6. The minimum atomic E-state index is 0.225. The number of fused-ring (bicyclic) bond motifs is 1. The number of H-pyrrole nitrogens is 1. The molecule has 1 atom stereocenters. The maximum atomic E-state index is 5.97. The number of benzene rings is 2. The Morgan fingerprint density at radius 3 is 2.79 bits per heavy atom. The lowest BCUT2D eigenvalue weighted by Gasteiger charge is -2.10. The van der Waals surface area contributed by atoms with Gasteiger partial charge in [-0.2, -0.15) is 5.10 Å². The molecule has 2 aromatic heterocycles. The van der Waals surface area contributed by atoms with Crippen molar-refractivity contribution >= 4 is 11.0 Å². The van der Waals surface area contributed by atoms with Crippen LogP contribution in [0.25, 0.3) is 22.2 Å². The molecule has 0 spiro atoms. The van der Waals surface area contributed by atoms with Crippen LogP contribution in [-0.4, -0.2) is 15.2 Å². The van der Waals surface area contributed by atoms with Crippen LogP contribution >= 0.6 is 0 Å². The number of rotatable bonds is 5. The Hall–Kier alpha value is -3.60. The van der Waals surface area contributed by atoms with E-state index in [2.05, 4.69) is 56.9 Å². The first-order valence-corrected chi connectivity index (χ1v) is 9.39. The Morgan fingerprint density at radius 2 is 1.93 bits per heavy atom. The van der Waals surface area contributed by atoms with Crippen molar-refractivity contribution < 1.29 is 4.74 Å². The third-order valence-corrected chi connectivity index (χ3v) is 4.99. The van der Waals surface area contributed by atoms with Crippen LogP contribution in [0, 0.1) is 0 Å². The number of nitrogens with zero attached hydrogens (tertiary/aromatic N) is 2. The van der Waals surface area contributed by atoms with Crippen molar-refractivity contribution in [2.45, 2.75) is 19.1 Å². The zero-order valence-corrected chi connectivity index (χ0v) is 15.3. The maximum absolute atomic E-state index is 5.97. The average Bonchev–Trinajstić information content (AvgIpc) is 3.42. The second-order valence-corrected chi connectivity index (χ2v) is 6.89. The van der Waals surface area contributed by atoms with E-state index in [0.29, 0.717) is 6.61 Å². The molecule has 0 saturated carbocycles. The van der Waals surface area contributed by atoms with Crippen LogP contribution in [0.3, 0.4) is 0 Å². The second-order valence-electron chi connectivity index (χ2n) is 6.89. The molecule has 0 radical (unpaired) electrons. The quantitative estimate of drug-likeness (QED) is 0.533. The third kappa shape index (κ3) is 3.22. The monoisotopic (exact) mass is 368 g/mol. The summed E-state index contributed by atoms with van der Waals surface area (Å²) < 4.78 is 5.97. The van der Waals surface area contributed by atoms with Gasteiger partial charge in [-0.3, -0.25) is 5.10 Å². The first-order chi connectivity index (χ1) is 13.9. The summed E-state index contributed by atoms with van der Waals surface area (Å²) in [6, 6.07) is 20.7. The van der Waals surface area contributed by atoms with Gasteiger partial charge in [-0.15, -0.1) is 0 Å². The van der Waals surface area contributed by atoms with E-state index in [1.54, 1.807) is 0 Å². The van der Waals surface area contributed by atoms with E-state index in [0.717, 1.165) is 45.6 Å². The lowest BCUT2D eigenvalue weighted by Crippen LogP contribution is -2.10. The van der Waals surface area contributed by atoms with E-state index in [1.807, 2.05) is 42.7 Å². The van der Waals surface area contributed by atoms with E-state index < -0.39 is 0 Å². The van der Waals surface area contributed by atoms with Gasteiger partial charge in [-0.25, -0.2) is 4.98 Å². The molecule has 3 heterocycles. The maximum Gasteiger partial charge on any atom is 0.181 e. The summed E-state index contributed by atoms with van der Waals surface area (Å²) in [7, 11) is 0. The zero-order chi connectivity index (χ0) is 18.8. The predicted octanol–water partition coefficient (Wildman–Crippen LogP) is 4.75. The number of pyridine rings is 1. The molecule has 4 aromatic rings. The molecule has 0 fully saturated rings. The molecule has 1 aliphatic rings. The number of nitrogens with one attached hydrogen (secondary N) is 2. The van der Waals surface area contributed by atoms with Gasteiger partial charge in [0.25, 0.3) is 0 Å². The molecule has 0 amide bonds. The van der Waals surface area contributed by atoms with Crippen LogP contribution in [0.1, 0.15) is 23.7 Å². The summed E-state index contributed by atoms with van der Waals surface area (Å²) in [5.41, 5.74) is 5.09. The van der Waals surface area contributed by atoms with E-state index >= 15 is 0 Å². The first kappa shape index (κ1) is 16.6. The lowest BCUT2D eigenvalue weighted by molar-refractivity contribution is 0.306. The van der Waals surface area contributed by atoms with Gasteiger partial charge in [-0.05, 0) is 41.9 Å². The van der Waals surface area contributed by atoms with Crippen molar-refractivity contribution in [3.8, 4) is 16.9 Å². The third-order valence-electron chi connectivity index (χ3n) is 4.99. The van der Waals surface area contributed by atoms with Gasteiger partial charge >= 0.3 is 0 Å². The van der Waals surface area contributed by atoms with Gasteiger partial charge < -0.3 is 10.1 Å². The molecule has 5 nitrogen and oxygen atoms in total. The van der Waals surface area contributed by atoms with Crippen molar-refractivity contribution in [1.29, 1.82) is 0 Å². The van der Waals surface area contributed by atoms with Crippen LogP contribution in [-0.2, 0) is 6.61 Å². The number of hydrogen-bond acceptors (Lipinski definition) is 4. The molecule has 0 bridgehead atoms. The second kappa shape index (κ2) is 7.19. The van der Waals surface area contributed by atoms with Gasteiger partial charge in [0, 0.05) is 17.1 Å². The molecule has 5 heteroatoms. The average molecular weight is 368 g/mol. The Kier molecular flexibility index (Phi) is 4.26. The van der Waals surface area contributed by atoms with Gasteiger partial charge in [0.2, 0.25) is 0 Å². The Morgan fingerprint density at radius 1 is 1.00 bits per heavy atom. The summed E-state index contributed by atoms with van der Waals surface area (Å²) in [6.07, 6.45) is 6.93. The van der Waals surface area contributed by atoms with Crippen molar-refractivity contribution in [3.63, 3.8) is 0 Å². The fourth-order valence-corrected chi connectivity index (χ4v) is 3.51. The highest BCUT2D eigenvalue weighted by Crippen LogP contribution is 2.30. The summed E-state index contributed by atoms with van der Waals surface area (Å²) in [4.78, 5) is 4.54. The van der Waals surface area contributed by atoms with Crippen LogP contribution < -0.4 is 10.1 Å². The molecule has 1 unspecified atom stereocenters. The molecule has 28 heavy (non-hydrogen) atoms. The fourth-order valence-electron chi connectivity index (χ4n) is 3.51. The number of aromatic nitrogens is 3. The van der Waals surface area contributed by atoms with E-state index in [1.165, 1.54) is 0 Å². The molecule has 5 rings (SSSR count).